The molecule has 0 saturated heterocycles. The van der Waals surface area contributed by atoms with E-state index in [0.29, 0.717) is 5.41 Å². The average molecular weight is 184 g/mol. The highest BCUT2D eigenvalue weighted by molar-refractivity contribution is 4.73. The van der Waals surface area contributed by atoms with Gasteiger partial charge >= 0.3 is 0 Å². The van der Waals surface area contributed by atoms with Crippen molar-refractivity contribution in [3.8, 4) is 0 Å². The second kappa shape index (κ2) is 5.02. The lowest BCUT2D eigenvalue weighted by atomic mass is 9.74. The molecule has 0 nitrogen and oxygen atoms in total. The van der Waals surface area contributed by atoms with Gasteiger partial charge < -0.3 is 0 Å². The molecule has 0 aliphatic heterocycles. The Morgan fingerprint density at radius 2 is 1.46 bits per heavy atom. The third-order valence-electron chi connectivity index (χ3n) is 2.99. The van der Waals surface area contributed by atoms with Crippen molar-refractivity contribution in [1.82, 2.24) is 0 Å². The SMILES string of the molecule is CCC(C(C)C)C(C)CC(C)(C)C. The van der Waals surface area contributed by atoms with Gasteiger partial charge in [0.05, 0.1) is 0 Å². The predicted molar refractivity (Wildman–Crippen MR) is 61.9 cm³/mol. The molecule has 0 saturated carbocycles. The molecule has 80 valence electrons. The summed E-state index contributed by atoms with van der Waals surface area (Å²) in [5.41, 5.74) is 0.488. The molecule has 0 radical (unpaired) electrons. The average Bonchev–Trinajstić information content (AvgIpc) is 1.82. The van der Waals surface area contributed by atoms with Crippen LogP contribution in [0.25, 0.3) is 0 Å². The van der Waals surface area contributed by atoms with Crippen LogP contribution in [0, 0.1) is 23.2 Å². The summed E-state index contributed by atoms with van der Waals surface area (Å²) in [6.07, 6.45) is 2.68. The van der Waals surface area contributed by atoms with Gasteiger partial charge in [0, 0.05) is 0 Å². The molecule has 0 aliphatic rings. The zero-order valence-corrected chi connectivity index (χ0v) is 10.6. The maximum absolute atomic E-state index is 2.42. The number of hydrogen-bond donors (Lipinski definition) is 0. The summed E-state index contributed by atoms with van der Waals surface area (Å²) < 4.78 is 0. The maximum atomic E-state index is 2.42. The molecule has 0 heterocycles. The fraction of sp³-hybridized carbons (Fsp3) is 1.00. The molecule has 0 aromatic rings. The molecule has 0 spiro atoms. The van der Waals surface area contributed by atoms with Crippen LogP contribution in [-0.4, -0.2) is 0 Å². The van der Waals surface area contributed by atoms with E-state index < -0.39 is 0 Å². The lowest BCUT2D eigenvalue weighted by molar-refractivity contribution is 0.191. The van der Waals surface area contributed by atoms with Crippen molar-refractivity contribution in [3.63, 3.8) is 0 Å². The molecule has 0 fully saturated rings. The first-order chi connectivity index (χ1) is 5.78. The van der Waals surface area contributed by atoms with Crippen LogP contribution in [-0.2, 0) is 0 Å². The molecule has 0 heteroatoms. The van der Waals surface area contributed by atoms with Crippen LogP contribution in [0.4, 0.5) is 0 Å². The Balaban J connectivity index is 4.14. The highest BCUT2D eigenvalue weighted by Crippen LogP contribution is 2.33. The Bertz CT molecular complexity index is 127. The van der Waals surface area contributed by atoms with E-state index in [0.717, 1.165) is 17.8 Å². The highest BCUT2D eigenvalue weighted by atomic mass is 14.3. The third kappa shape index (κ3) is 5.33. The largest absolute Gasteiger partial charge is 0.0651 e. The first-order valence-electron chi connectivity index (χ1n) is 5.78. The monoisotopic (exact) mass is 184 g/mol. The van der Waals surface area contributed by atoms with Crippen molar-refractivity contribution in [2.45, 2.75) is 61.3 Å². The molecule has 0 aliphatic carbocycles. The van der Waals surface area contributed by atoms with Gasteiger partial charge in [-0.1, -0.05) is 54.9 Å². The number of hydrogen-bond acceptors (Lipinski definition) is 0. The summed E-state index contributed by atoms with van der Waals surface area (Å²) >= 11 is 0. The van der Waals surface area contributed by atoms with Gasteiger partial charge in [-0.15, -0.1) is 0 Å². The van der Waals surface area contributed by atoms with Crippen molar-refractivity contribution in [2.75, 3.05) is 0 Å². The van der Waals surface area contributed by atoms with Gasteiger partial charge in [0.1, 0.15) is 0 Å². The van der Waals surface area contributed by atoms with Gasteiger partial charge in [-0.05, 0) is 29.6 Å². The summed E-state index contributed by atoms with van der Waals surface area (Å²) in [6.45, 7) is 16.5. The predicted octanol–water partition coefficient (Wildman–Crippen LogP) is 4.74. The summed E-state index contributed by atoms with van der Waals surface area (Å²) in [4.78, 5) is 0. The van der Waals surface area contributed by atoms with E-state index in [-0.39, 0.29) is 0 Å². The van der Waals surface area contributed by atoms with Gasteiger partial charge in [0.25, 0.3) is 0 Å². The van der Waals surface area contributed by atoms with Gasteiger partial charge in [-0.25, -0.2) is 0 Å². The van der Waals surface area contributed by atoms with E-state index in [1.807, 2.05) is 0 Å². The lowest BCUT2D eigenvalue weighted by Gasteiger charge is -2.31. The van der Waals surface area contributed by atoms with Gasteiger partial charge in [0.2, 0.25) is 0 Å². The smallest absolute Gasteiger partial charge is 0.0368 e. The first kappa shape index (κ1) is 13.0. The minimum Gasteiger partial charge on any atom is -0.0651 e. The van der Waals surface area contributed by atoms with Crippen molar-refractivity contribution in [2.24, 2.45) is 23.2 Å². The second-order valence-electron chi connectivity index (χ2n) is 6.06. The molecule has 0 bridgehead atoms. The van der Waals surface area contributed by atoms with Crippen molar-refractivity contribution >= 4 is 0 Å². The minimum atomic E-state index is 0.488. The first-order valence-corrected chi connectivity index (χ1v) is 5.78. The minimum absolute atomic E-state index is 0.488. The Labute approximate surface area is 85.1 Å². The van der Waals surface area contributed by atoms with E-state index in [4.69, 9.17) is 0 Å². The van der Waals surface area contributed by atoms with Crippen LogP contribution in [0.2, 0.25) is 0 Å². The van der Waals surface area contributed by atoms with Crippen molar-refractivity contribution < 1.29 is 0 Å². The van der Waals surface area contributed by atoms with Crippen LogP contribution < -0.4 is 0 Å². The molecule has 2 atom stereocenters. The molecular weight excluding hydrogens is 156 g/mol. The fourth-order valence-corrected chi connectivity index (χ4v) is 2.65. The summed E-state index contributed by atoms with van der Waals surface area (Å²) in [5, 5.41) is 0. The van der Waals surface area contributed by atoms with Crippen LogP contribution in [0.3, 0.4) is 0 Å². The van der Waals surface area contributed by atoms with E-state index in [9.17, 15) is 0 Å². The van der Waals surface area contributed by atoms with Crippen LogP contribution in [0.15, 0.2) is 0 Å². The van der Waals surface area contributed by atoms with Crippen molar-refractivity contribution in [1.29, 1.82) is 0 Å². The van der Waals surface area contributed by atoms with E-state index >= 15 is 0 Å². The normalized spacial score (nSPS) is 17.5. The molecule has 0 aromatic heterocycles. The molecule has 0 aromatic carbocycles. The molecule has 2 unspecified atom stereocenters. The van der Waals surface area contributed by atoms with Gasteiger partial charge in [-0.2, -0.15) is 0 Å². The summed E-state index contributed by atoms with van der Waals surface area (Å²) in [7, 11) is 0. The fourth-order valence-electron chi connectivity index (χ4n) is 2.65. The lowest BCUT2D eigenvalue weighted by Crippen LogP contribution is -2.22. The highest BCUT2D eigenvalue weighted by Gasteiger charge is 2.23. The zero-order chi connectivity index (χ0) is 10.6. The Morgan fingerprint density at radius 1 is 1.00 bits per heavy atom. The number of rotatable bonds is 4. The summed E-state index contributed by atoms with van der Waals surface area (Å²) in [6, 6.07) is 0. The topological polar surface area (TPSA) is 0 Å². The zero-order valence-electron chi connectivity index (χ0n) is 10.6. The van der Waals surface area contributed by atoms with E-state index in [2.05, 4.69) is 48.5 Å². The summed E-state index contributed by atoms with van der Waals surface area (Å²) in [5.74, 6) is 2.60. The quantitative estimate of drug-likeness (QED) is 0.592. The Hall–Kier alpha value is 0. The Kier molecular flexibility index (Phi) is 5.02. The standard InChI is InChI=1S/C13H28/c1-8-12(10(2)3)11(4)9-13(5,6)7/h10-12H,8-9H2,1-7H3. The maximum Gasteiger partial charge on any atom is -0.0368 e. The van der Waals surface area contributed by atoms with Gasteiger partial charge in [0.15, 0.2) is 0 Å². The molecule has 0 N–H and O–H groups in total. The van der Waals surface area contributed by atoms with Crippen molar-refractivity contribution in [3.05, 3.63) is 0 Å². The molecule has 0 rings (SSSR count). The third-order valence-corrected chi connectivity index (χ3v) is 2.99. The Morgan fingerprint density at radius 3 is 1.69 bits per heavy atom. The van der Waals surface area contributed by atoms with Crippen LogP contribution in [0.5, 0.6) is 0 Å². The molecule has 13 heavy (non-hydrogen) atoms. The molecular formula is C13H28. The molecule has 0 amide bonds. The van der Waals surface area contributed by atoms with E-state index in [1.54, 1.807) is 0 Å². The van der Waals surface area contributed by atoms with Crippen LogP contribution in [0.1, 0.15) is 61.3 Å². The van der Waals surface area contributed by atoms with E-state index in [1.165, 1.54) is 12.8 Å². The van der Waals surface area contributed by atoms with Gasteiger partial charge in [-0.3, -0.25) is 0 Å². The second-order valence-corrected chi connectivity index (χ2v) is 6.06. The van der Waals surface area contributed by atoms with Crippen LogP contribution >= 0.6 is 0 Å².